The molecule has 0 aliphatic carbocycles. The summed E-state index contributed by atoms with van der Waals surface area (Å²) in [6.07, 6.45) is -0.265. The van der Waals surface area contributed by atoms with Gasteiger partial charge in [-0.3, -0.25) is 4.79 Å². The molecule has 6 heteroatoms. The summed E-state index contributed by atoms with van der Waals surface area (Å²) >= 11 is 0. The van der Waals surface area contributed by atoms with E-state index in [1.165, 1.54) is 6.92 Å². The highest BCUT2D eigenvalue weighted by Crippen LogP contribution is 2.39. The Morgan fingerprint density at radius 1 is 1.37 bits per heavy atom. The maximum Gasteiger partial charge on any atom is 0.509 e. The van der Waals surface area contributed by atoms with Gasteiger partial charge in [-0.15, -0.1) is 0 Å². The van der Waals surface area contributed by atoms with Crippen molar-refractivity contribution in [3.63, 3.8) is 0 Å². The number of ether oxygens (including phenoxy) is 4. The fourth-order valence-electron chi connectivity index (χ4n) is 2.59. The molecule has 0 aromatic heterocycles. The topological polar surface area (TPSA) is 71.1 Å². The highest BCUT2D eigenvalue weighted by Gasteiger charge is 2.51. The number of carbonyl (C=O) groups excluding carboxylic acids is 2. The summed E-state index contributed by atoms with van der Waals surface area (Å²) in [7, 11) is 0. The van der Waals surface area contributed by atoms with E-state index in [9.17, 15) is 9.59 Å². The van der Waals surface area contributed by atoms with Crippen molar-refractivity contribution in [2.75, 3.05) is 6.61 Å². The molecule has 2 rings (SSSR count). The van der Waals surface area contributed by atoms with E-state index >= 15 is 0 Å². The molecule has 0 spiro atoms. The molecule has 2 saturated heterocycles. The SMILES string of the molecule is CC(=O)O[C@@H]1CC[C@]2(C)OC(=O)OC[C@H]2OC1(C)C. The van der Waals surface area contributed by atoms with E-state index in [-0.39, 0.29) is 24.8 Å². The Bertz CT molecular complexity index is 391. The smallest absolute Gasteiger partial charge is 0.460 e. The molecule has 0 amide bonds. The Kier molecular flexibility index (Phi) is 3.47. The molecule has 3 atom stereocenters. The minimum absolute atomic E-state index is 0.158. The summed E-state index contributed by atoms with van der Waals surface area (Å²) in [5.74, 6) is -0.343. The first-order valence-corrected chi connectivity index (χ1v) is 6.44. The van der Waals surface area contributed by atoms with Gasteiger partial charge in [0.05, 0.1) is 0 Å². The van der Waals surface area contributed by atoms with Gasteiger partial charge in [0.15, 0.2) is 0 Å². The highest BCUT2D eigenvalue weighted by molar-refractivity contribution is 5.66. The Morgan fingerprint density at radius 3 is 2.68 bits per heavy atom. The fourth-order valence-corrected chi connectivity index (χ4v) is 2.59. The van der Waals surface area contributed by atoms with Gasteiger partial charge in [0, 0.05) is 6.92 Å². The van der Waals surface area contributed by atoms with Crippen molar-refractivity contribution in [2.45, 2.75) is 63.9 Å². The molecule has 0 N–H and O–H groups in total. The van der Waals surface area contributed by atoms with Crippen LogP contribution in [0.5, 0.6) is 0 Å². The van der Waals surface area contributed by atoms with E-state index in [4.69, 9.17) is 18.9 Å². The zero-order chi connectivity index (χ0) is 14.3. The maximum atomic E-state index is 11.3. The lowest BCUT2D eigenvalue weighted by Crippen LogP contribution is -2.53. The molecule has 2 aliphatic heterocycles. The van der Waals surface area contributed by atoms with Gasteiger partial charge in [-0.1, -0.05) is 0 Å². The summed E-state index contributed by atoms with van der Waals surface area (Å²) in [5.41, 5.74) is -1.39. The third-order valence-electron chi connectivity index (χ3n) is 3.78. The van der Waals surface area contributed by atoms with Crippen molar-refractivity contribution in [1.82, 2.24) is 0 Å². The summed E-state index contributed by atoms with van der Waals surface area (Å²) in [4.78, 5) is 22.4. The van der Waals surface area contributed by atoms with Crippen LogP contribution in [0.3, 0.4) is 0 Å². The number of esters is 1. The van der Waals surface area contributed by atoms with Gasteiger partial charge in [0.2, 0.25) is 0 Å². The third kappa shape index (κ3) is 2.83. The van der Waals surface area contributed by atoms with E-state index in [0.29, 0.717) is 12.8 Å². The molecule has 0 saturated carbocycles. The molecule has 0 aromatic rings. The molecule has 0 radical (unpaired) electrons. The summed E-state index contributed by atoms with van der Waals surface area (Å²) in [6, 6.07) is 0. The molecule has 108 valence electrons. The van der Waals surface area contributed by atoms with Gasteiger partial charge in [-0.05, 0) is 33.6 Å². The lowest BCUT2D eigenvalue weighted by molar-refractivity contribution is -0.214. The van der Waals surface area contributed by atoms with E-state index in [1.54, 1.807) is 0 Å². The van der Waals surface area contributed by atoms with Crippen LogP contribution < -0.4 is 0 Å². The van der Waals surface area contributed by atoms with Gasteiger partial charge < -0.3 is 18.9 Å². The second-order valence-electron chi connectivity index (χ2n) is 5.82. The minimum atomic E-state index is -0.735. The van der Waals surface area contributed by atoms with E-state index in [0.717, 1.165) is 0 Å². The lowest BCUT2D eigenvalue weighted by atomic mass is 9.91. The van der Waals surface area contributed by atoms with Crippen LogP contribution in [-0.2, 0) is 23.7 Å². The normalized spacial score (nSPS) is 37.4. The minimum Gasteiger partial charge on any atom is -0.460 e. The molecule has 6 nitrogen and oxygen atoms in total. The van der Waals surface area contributed by atoms with Crippen LogP contribution in [-0.4, -0.2) is 42.1 Å². The van der Waals surface area contributed by atoms with Crippen LogP contribution in [0, 0.1) is 0 Å². The van der Waals surface area contributed by atoms with Crippen molar-refractivity contribution >= 4 is 12.1 Å². The molecule has 0 unspecified atom stereocenters. The molecular formula is C13H20O6. The van der Waals surface area contributed by atoms with Crippen LogP contribution in [0.25, 0.3) is 0 Å². The van der Waals surface area contributed by atoms with Gasteiger partial charge in [0.1, 0.15) is 30.0 Å². The predicted molar refractivity (Wildman–Crippen MR) is 64.6 cm³/mol. The number of carbonyl (C=O) groups is 2. The Hall–Kier alpha value is -1.30. The summed E-state index contributed by atoms with van der Waals surface area (Å²) in [6.45, 7) is 7.08. The largest absolute Gasteiger partial charge is 0.509 e. The third-order valence-corrected chi connectivity index (χ3v) is 3.78. The van der Waals surface area contributed by atoms with Crippen LogP contribution >= 0.6 is 0 Å². The number of hydrogen-bond donors (Lipinski definition) is 0. The van der Waals surface area contributed by atoms with E-state index in [1.807, 2.05) is 20.8 Å². The quantitative estimate of drug-likeness (QED) is 0.678. The van der Waals surface area contributed by atoms with Crippen LogP contribution in [0.2, 0.25) is 0 Å². The average molecular weight is 272 g/mol. The van der Waals surface area contributed by atoms with Gasteiger partial charge in [-0.25, -0.2) is 4.79 Å². The van der Waals surface area contributed by atoms with E-state index in [2.05, 4.69) is 0 Å². The number of cyclic esters (lactones) is 1. The van der Waals surface area contributed by atoms with E-state index < -0.39 is 17.4 Å². The summed E-state index contributed by atoms with van der Waals surface area (Å²) < 4.78 is 21.5. The second-order valence-corrected chi connectivity index (χ2v) is 5.82. The number of fused-ring (bicyclic) bond motifs is 1. The number of rotatable bonds is 1. The highest BCUT2D eigenvalue weighted by atomic mass is 16.8. The monoisotopic (exact) mass is 272 g/mol. The van der Waals surface area contributed by atoms with Crippen molar-refractivity contribution in [1.29, 1.82) is 0 Å². The van der Waals surface area contributed by atoms with Gasteiger partial charge in [0.25, 0.3) is 0 Å². The van der Waals surface area contributed by atoms with Crippen LogP contribution in [0.1, 0.15) is 40.5 Å². The van der Waals surface area contributed by atoms with Crippen molar-refractivity contribution in [3.05, 3.63) is 0 Å². The van der Waals surface area contributed by atoms with Crippen LogP contribution in [0.15, 0.2) is 0 Å². The van der Waals surface area contributed by atoms with Crippen molar-refractivity contribution < 1.29 is 28.5 Å². The standard InChI is InChI=1S/C13H20O6/c1-8(14)17-9-5-6-13(4)10(18-12(9,2)3)7-16-11(15)19-13/h9-10H,5-7H2,1-4H3/t9-,10-,13+/m1/s1. The average Bonchev–Trinajstić information content (AvgIpc) is 2.35. The lowest BCUT2D eigenvalue weighted by Gasteiger charge is -2.40. The molecule has 2 aliphatic rings. The first kappa shape index (κ1) is 14.1. The zero-order valence-electron chi connectivity index (χ0n) is 11.7. The van der Waals surface area contributed by atoms with Crippen molar-refractivity contribution in [2.24, 2.45) is 0 Å². The maximum absolute atomic E-state index is 11.3. The van der Waals surface area contributed by atoms with Gasteiger partial charge >= 0.3 is 12.1 Å². The Labute approximate surface area is 112 Å². The molecule has 2 fully saturated rings. The molecule has 19 heavy (non-hydrogen) atoms. The fraction of sp³-hybridized carbons (Fsp3) is 0.846. The van der Waals surface area contributed by atoms with Crippen LogP contribution in [0.4, 0.5) is 4.79 Å². The Morgan fingerprint density at radius 2 is 2.05 bits per heavy atom. The van der Waals surface area contributed by atoms with Crippen molar-refractivity contribution in [3.8, 4) is 0 Å². The second kappa shape index (κ2) is 4.67. The number of hydrogen-bond acceptors (Lipinski definition) is 6. The first-order chi connectivity index (χ1) is 8.73. The van der Waals surface area contributed by atoms with Gasteiger partial charge in [-0.2, -0.15) is 0 Å². The first-order valence-electron chi connectivity index (χ1n) is 6.44. The molecule has 0 bridgehead atoms. The summed E-state index contributed by atoms with van der Waals surface area (Å²) in [5, 5.41) is 0. The molecule has 2 heterocycles. The predicted octanol–water partition coefficient (Wildman–Crippen LogP) is 1.80. The molecular weight excluding hydrogens is 252 g/mol. The zero-order valence-corrected chi connectivity index (χ0v) is 11.7. The molecule has 0 aromatic carbocycles. The Balaban J connectivity index is 2.20.